The Balaban J connectivity index is 1.32. The molecule has 0 aliphatic heterocycles. The summed E-state index contributed by atoms with van der Waals surface area (Å²) in [4.78, 5) is 17.2. The molecule has 0 fully saturated rings. The summed E-state index contributed by atoms with van der Waals surface area (Å²) in [5.41, 5.74) is 6.50. The van der Waals surface area contributed by atoms with Crippen LogP contribution in [0.15, 0.2) is 66.7 Å². The van der Waals surface area contributed by atoms with Crippen LogP contribution in [0.3, 0.4) is 0 Å². The summed E-state index contributed by atoms with van der Waals surface area (Å²) >= 11 is 0. The zero-order valence-electron chi connectivity index (χ0n) is 22.5. The van der Waals surface area contributed by atoms with Crippen molar-refractivity contribution in [3.8, 4) is 5.75 Å². The zero-order valence-corrected chi connectivity index (χ0v) is 22.5. The summed E-state index contributed by atoms with van der Waals surface area (Å²) < 4.78 is 5.73. The van der Waals surface area contributed by atoms with Gasteiger partial charge in [-0.15, -0.1) is 0 Å². The average molecular weight is 512 g/mol. The third-order valence-corrected chi connectivity index (χ3v) is 7.88. The van der Waals surface area contributed by atoms with Crippen molar-refractivity contribution < 1.29 is 19.7 Å². The summed E-state index contributed by atoms with van der Waals surface area (Å²) in [5.74, 6) is 0.586. The van der Waals surface area contributed by atoms with E-state index in [2.05, 4.69) is 67.4 Å². The predicted molar refractivity (Wildman–Crippen MR) is 151 cm³/mol. The zero-order chi connectivity index (χ0) is 26.9. The number of carbonyl (C=O) groups excluding carboxylic acids is 1. The lowest BCUT2D eigenvalue weighted by molar-refractivity contribution is 0.00224. The number of H-pyrrole nitrogens is 1. The number of unbranched alkanes of at least 4 members (excludes halogenated alkanes) is 2. The van der Waals surface area contributed by atoms with Gasteiger partial charge in [0.1, 0.15) is 18.5 Å². The molecule has 198 valence electrons. The van der Waals surface area contributed by atoms with Gasteiger partial charge in [0.25, 0.3) is 0 Å². The van der Waals surface area contributed by atoms with Gasteiger partial charge in [-0.05, 0) is 73.6 Å². The molecule has 0 saturated heterocycles. The van der Waals surface area contributed by atoms with Gasteiger partial charge < -0.3 is 19.9 Å². The van der Waals surface area contributed by atoms with Gasteiger partial charge in [0, 0.05) is 27.6 Å². The smallest absolute Gasteiger partial charge is 0.195 e. The first-order chi connectivity index (χ1) is 18.3. The number of fused-ring (bicyclic) bond motifs is 4. The maximum absolute atomic E-state index is 13.6. The molecule has 1 aliphatic rings. The number of aliphatic hydroxyl groups is 2. The van der Waals surface area contributed by atoms with Crippen LogP contribution in [0.1, 0.15) is 78.3 Å². The molecule has 5 rings (SSSR count). The summed E-state index contributed by atoms with van der Waals surface area (Å²) in [6.07, 6.45) is 3.81. The van der Waals surface area contributed by atoms with Crippen molar-refractivity contribution in [1.29, 1.82) is 0 Å². The number of rotatable bonds is 10. The molecule has 5 nitrogen and oxygen atoms in total. The third kappa shape index (κ3) is 5.13. The second-order valence-corrected chi connectivity index (χ2v) is 11.1. The fourth-order valence-electron chi connectivity index (χ4n) is 5.50. The van der Waals surface area contributed by atoms with Crippen molar-refractivity contribution in [3.05, 3.63) is 100 Å². The van der Waals surface area contributed by atoms with E-state index >= 15 is 0 Å². The first kappa shape index (κ1) is 26.2. The molecule has 1 aliphatic carbocycles. The summed E-state index contributed by atoms with van der Waals surface area (Å²) in [6.45, 7) is 5.75. The standard InChI is InChI=1S/C33H37NO4/c1-21(35)29(36)20-38-24-15-17-25-27(19-24)33(2,3)32-30(31(25)37)26-16-14-23(18-28(26)34-32)13-9-5-8-12-22-10-6-4-7-11-22/h4,6-7,10-11,14-19,21,29,34-36H,5,8-9,12-13,20H2,1-3H3/t21-,29-/m1/s1. The Morgan fingerprint density at radius 3 is 2.37 bits per heavy atom. The summed E-state index contributed by atoms with van der Waals surface area (Å²) in [6, 6.07) is 22.6. The number of aliphatic hydroxyl groups excluding tert-OH is 2. The first-order valence-electron chi connectivity index (χ1n) is 13.6. The molecular weight excluding hydrogens is 474 g/mol. The van der Waals surface area contributed by atoms with Crippen LogP contribution in [-0.2, 0) is 18.3 Å². The van der Waals surface area contributed by atoms with Gasteiger partial charge in [0.15, 0.2) is 5.78 Å². The van der Waals surface area contributed by atoms with Gasteiger partial charge in [0.05, 0.1) is 11.7 Å². The number of hydrogen-bond donors (Lipinski definition) is 3. The lowest BCUT2D eigenvalue weighted by atomic mass is 9.71. The van der Waals surface area contributed by atoms with Gasteiger partial charge in [-0.25, -0.2) is 0 Å². The van der Waals surface area contributed by atoms with E-state index in [9.17, 15) is 15.0 Å². The Morgan fingerprint density at radius 2 is 1.63 bits per heavy atom. The quantitative estimate of drug-likeness (QED) is 0.224. The van der Waals surface area contributed by atoms with Crippen LogP contribution in [0.2, 0.25) is 0 Å². The minimum Gasteiger partial charge on any atom is -0.491 e. The minimum atomic E-state index is -0.973. The van der Waals surface area contributed by atoms with Crippen LogP contribution in [-0.4, -0.2) is 39.8 Å². The molecule has 0 saturated carbocycles. The van der Waals surface area contributed by atoms with E-state index in [1.807, 2.05) is 12.1 Å². The fraction of sp³-hybridized carbons (Fsp3) is 0.364. The molecule has 0 amide bonds. The minimum absolute atomic E-state index is 0.0164. The van der Waals surface area contributed by atoms with Gasteiger partial charge in [0.2, 0.25) is 0 Å². The lowest BCUT2D eigenvalue weighted by Crippen LogP contribution is -2.31. The molecule has 1 heterocycles. The van der Waals surface area contributed by atoms with Gasteiger partial charge in [-0.3, -0.25) is 4.79 Å². The molecule has 0 spiro atoms. The van der Waals surface area contributed by atoms with Gasteiger partial charge in [-0.1, -0.05) is 62.7 Å². The van der Waals surface area contributed by atoms with Gasteiger partial charge >= 0.3 is 0 Å². The Kier molecular flexibility index (Phi) is 7.42. The highest BCUT2D eigenvalue weighted by molar-refractivity contribution is 6.20. The maximum atomic E-state index is 13.6. The van der Waals surface area contributed by atoms with Crippen molar-refractivity contribution in [3.63, 3.8) is 0 Å². The molecule has 38 heavy (non-hydrogen) atoms. The van der Waals surface area contributed by atoms with Crippen LogP contribution in [0.5, 0.6) is 5.75 Å². The van der Waals surface area contributed by atoms with Crippen LogP contribution < -0.4 is 4.74 Å². The van der Waals surface area contributed by atoms with Crippen molar-refractivity contribution in [2.24, 2.45) is 0 Å². The topological polar surface area (TPSA) is 82.5 Å². The highest BCUT2D eigenvalue weighted by Gasteiger charge is 2.39. The second-order valence-electron chi connectivity index (χ2n) is 11.1. The predicted octanol–water partition coefficient (Wildman–Crippen LogP) is 6.11. The Morgan fingerprint density at radius 1 is 0.895 bits per heavy atom. The number of hydrogen-bond acceptors (Lipinski definition) is 4. The monoisotopic (exact) mass is 511 g/mol. The maximum Gasteiger partial charge on any atom is 0.195 e. The van der Waals surface area contributed by atoms with E-state index in [0.717, 1.165) is 47.0 Å². The van der Waals surface area contributed by atoms with Crippen LogP contribution in [0.4, 0.5) is 0 Å². The van der Waals surface area contributed by atoms with Crippen molar-refractivity contribution in [2.45, 2.75) is 70.5 Å². The number of nitrogens with one attached hydrogen (secondary N) is 1. The molecule has 5 heteroatoms. The van der Waals surface area contributed by atoms with Crippen LogP contribution in [0, 0.1) is 0 Å². The number of aryl methyl sites for hydroxylation is 2. The molecule has 0 radical (unpaired) electrons. The number of ketones is 1. The second kappa shape index (κ2) is 10.8. The number of carbonyl (C=O) groups is 1. The summed E-state index contributed by atoms with van der Waals surface area (Å²) in [7, 11) is 0. The van der Waals surface area contributed by atoms with E-state index in [4.69, 9.17) is 4.74 Å². The molecule has 1 aromatic heterocycles. The Bertz CT molecular complexity index is 1430. The molecule has 2 atom stereocenters. The first-order valence-corrected chi connectivity index (χ1v) is 13.6. The van der Waals surface area contributed by atoms with E-state index in [-0.39, 0.29) is 12.4 Å². The normalized spacial score (nSPS) is 15.7. The lowest BCUT2D eigenvalue weighted by Gasteiger charge is -2.32. The number of ether oxygens (including phenoxy) is 1. The number of aromatic amines is 1. The largest absolute Gasteiger partial charge is 0.491 e. The van der Waals surface area contributed by atoms with Crippen molar-refractivity contribution >= 4 is 16.7 Å². The number of aromatic nitrogens is 1. The Labute approximate surface area is 224 Å². The molecular formula is C33H37NO4. The van der Waals surface area contributed by atoms with E-state index < -0.39 is 17.6 Å². The fourth-order valence-corrected chi connectivity index (χ4v) is 5.50. The SMILES string of the molecule is C[C@@H](O)[C@H](O)COc1ccc2c(c1)C(C)(C)c1[nH]c3cc(CCCCCc4ccccc4)ccc3c1C2=O. The van der Waals surface area contributed by atoms with E-state index in [1.54, 1.807) is 6.07 Å². The van der Waals surface area contributed by atoms with E-state index in [1.165, 1.54) is 30.9 Å². The Hall–Kier alpha value is -3.41. The van der Waals surface area contributed by atoms with Gasteiger partial charge in [-0.2, -0.15) is 0 Å². The molecule has 4 aromatic rings. The molecule has 0 bridgehead atoms. The van der Waals surface area contributed by atoms with Crippen LogP contribution in [0.25, 0.3) is 10.9 Å². The highest BCUT2D eigenvalue weighted by atomic mass is 16.5. The molecule has 3 aromatic carbocycles. The van der Waals surface area contributed by atoms with Crippen molar-refractivity contribution in [2.75, 3.05) is 6.61 Å². The molecule has 0 unspecified atom stereocenters. The van der Waals surface area contributed by atoms with Crippen LogP contribution >= 0.6 is 0 Å². The third-order valence-electron chi connectivity index (χ3n) is 7.88. The van der Waals surface area contributed by atoms with E-state index in [0.29, 0.717) is 11.3 Å². The van der Waals surface area contributed by atoms with Crippen molar-refractivity contribution in [1.82, 2.24) is 4.98 Å². The highest BCUT2D eigenvalue weighted by Crippen LogP contribution is 2.44. The summed E-state index contributed by atoms with van der Waals surface area (Å²) in [5, 5.41) is 20.4. The number of benzene rings is 3. The molecule has 3 N–H and O–H groups in total. The average Bonchev–Trinajstić information content (AvgIpc) is 3.31.